The monoisotopic (exact) mass is 1060 g/mol. The van der Waals surface area contributed by atoms with Gasteiger partial charge in [-0.05, 0) is 98.3 Å². The van der Waals surface area contributed by atoms with Crippen molar-refractivity contribution in [2.45, 2.75) is 91.8 Å². The molecule has 6 heteroatoms. The van der Waals surface area contributed by atoms with Gasteiger partial charge >= 0.3 is 0 Å². The Balaban J connectivity index is 0.000000304. The molecule has 4 heterocycles. The Morgan fingerprint density at radius 2 is 1.43 bits per heavy atom. The van der Waals surface area contributed by atoms with Crippen LogP contribution in [-0.2, 0) is 30.9 Å². The van der Waals surface area contributed by atoms with E-state index in [1.165, 1.54) is 33.4 Å². The molecule has 0 spiro atoms. The zero-order valence-corrected chi connectivity index (χ0v) is 41.9. The van der Waals surface area contributed by atoms with Crippen LogP contribution in [0.4, 0.5) is 0 Å². The quantitative estimate of drug-likeness (QED) is 0.156. The smallest absolute Gasteiger partial charge is 0.216 e. The Kier molecular flexibility index (Phi) is 11.0. The summed E-state index contributed by atoms with van der Waals surface area (Å²) in [6.07, 6.45) is 1.87. The van der Waals surface area contributed by atoms with Crippen molar-refractivity contribution in [1.82, 2.24) is 19.5 Å². The fourth-order valence-electron chi connectivity index (χ4n) is 9.61. The van der Waals surface area contributed by atoms with Gasteiger partial charge < -0.3 is 14.0 Å². The first-order chi connectivity index (χ1) is 32.9. The molecule has 1 aliphatic rings. The van der Waals surface area contributed by atoms with Gasteiger partial charge in [0.15, 0.2) is 0 Å². The van der Waals surface area contributed by atoms with E-state index in [1.54, 1.807) is 6.07 Å². The zero-order valence-electron chi connectivity index (χ0n) is 42.5. The molecule has 67 heavy (non-hydrogen) atoms. The minimum Gasteiger partial charge on any atom is -0.486 e. The molecule has 337 valence electrons. The van der Waals surface area contributed by atoms with Crippen molar-refractivity contribution >= 4 is 33.1 Å². The summed E-state index contributed by atoms with van der Waals surface area (Å²) in [4.78, 5) is 14.8. The van der Waals surface area contributed by atoms with Crippen molar-refractivity contribution in [2.75, 3.05) is 0 Å². The molecule has 0 aliphatic heterocycles. The standard InChI is InChI=1S/C46H40N3O.C15H16N.Ir/c1-26(2)33-23-30(29-15-9-8-10-16-29)24-34(27(3)4)42(33)49-39-20-14-13-19-38(39)47-44(49)32-22-21-28(5)40-35-25-37-41(48-45(35)50-43(32)40)31-17-11-12-18-36(31)46(37,6)7;1-15(2,3)13-9-10-16-14(11-13)12-7-5-4-6-8-12;/h8-21,23-27H,1-7H3;4-7,9-11H,1-3H3;/q2*-1;/i5D3;;. The van der Waals surface area contributed by atoms with Crippen LogP contribution < -0.4 is 0 Å². The van der Waals surface area contributed by atoms with Gasteiger partial charge in [0, 0.05) is 52.5 Å². The summed E-state index contributed by atoms with van der Waals surface area (Å²) in [5.74, 6) is 1.01. The third kappa shape index (κ3) is 8.04. The third-order valence-corrected chi connectivity index (χ3v) is 13.2. The number of furan rings is 1. The van der Waals surface area contributed by atoms with E-state index in [2.05, 4.69) is 163 Å². The molecular formula is C61H56IrN4O-2. The summed E-state index contributed by atoms with van der Waals surface area (Å²) in [5, 5.41) is 1.21. The first kappa shape index (κ1) is 41.9. The van der Waals surface area contributed by atoms with Crippen LogP contribution in [0, 0.1) is 19.0 Å². The van der Waals surface area contributed by atoms with Crippen LogP contribution in [0.3, 0.4) is 0 Å². The Hall–Kier alpha value is -6.46. The predicted molar refractivity (Wildman–Crippen MR) is 274 cm³/mol. The summed E-state index contributed by atoms with van der Waals surface area (Å²) < 4.78 is 34.9. The maximum Gasteiger partial charge on any atom is 0.216 e. The maximum atomic E-state index is 8.62. The van der Waals surface area contributed by atoms with Crippen LogP contribution in [0.5, 0.6) is 0 Å². The number of hydrogen-bond donors (Lipinski definition) is 0. The molecular weight excluding hydrogens is 997 g/mol. The van der Waals surface area contributed by atoms with Gasteiger partial charge in [-0.2, -0.15) is 0 Å². The second-order valence-corrected chi connectivity index (χ2v) is 19.7. The Morgan fingerprint density at radius 3 is 2.13 bits per heavy atom. The normalized spacial score (nSPS) is 13.7. The molecule has 0 saturated carbocycles. The van der Waals surface area contributed by atoms with Crippen molar-refractivity contribution < 1.29 is 28.6 Å². The minimum absolute atomic E-state index is 0. The molecule has 1 radical (unpaired) electrons. The van der Waals surface area contributed by atoms with Crippen LogP contribution in [0.2, 0.25) is 0 Å². The number of nitrogens with zero attached hydrogens (tertiary/aromatic N) is 4. The van der Waals surface area contributed by atoms with Gasteiger partial charge in [0.2, 0.25) is 5.71 Å². The Morgan fingerprint density at radius 1 is 0.731 bits per heavy atom. The molecule has 0 N–H and O–H groups in total. The van der Waals surface area contributed by atoms with Gasteiger partial charge in [-0.3, -0.25) is 4.98 Å². The number of imidazole rings is 1. The van der Waals surface area contributed by atoms with E-state index >= 15 is 0 Å². The topological polar surface area (TPSA) is 56.7 Å². The van der Waals surface area contributed by atoms with Crippen molar-refractivity contribution in [3.8, 4) is 50.7 Å². The van der Waals surface area contributed by atoms with E-state index < -0.39 is 6.85 Å². The first-order valence-corrected chi connectivity index (χ1v) is 23.0. The van der Waals surface area contributed by atoms with Crippen molar-refractivity contribution in [1.29, 1.82) is 0 Å². The van der Waals surface area contributed by atoms with Crippen molar-refractivity contribution in [2.24, 2.45) is 0 Å². The number of aryl methyl sites for hydroxylation is 1. The molecule has 0 bridgehead atoms. The van der Waals surface area contributed by atoms with Gasteiger partial charge in [-0.15, -0.1) is 53.6 Å². The van der Waals surface area contributed by atoms with Crippen LogP contribution in [0.25, 0.3) is 83.8 Å². The Labute approximate surface area is 412 Å². The number of para-hydroxylation sites is 2. The maximum absolute atomic E-state index is 8.62. The molecule has 0 unspecified atom stereocenters. The molecule has 1 aliphatic carbocycles. The molecule has 0 atom stereocenters. The van der Waals surface area contributed by atoms with E-state index in [-0.39, 0.29) is 48.3 Å². The average Bonchev–Trinajstić information content (AvgIpc) is 3.98. The van der Waals surface area contributed by atoms with Crippen LogP contribution in [-0.4, -0.2) is 19.5 Å². The summed E-state index contributed by atoms with van der Waals surface area (Å²) in [6.45, 7) is 17.5. The molecule has 0 amide bonds. The number of aromatic nitrogens is 4. The predicted octanol–water partition coefficient (Wildman–Crippen LogP) is 16.2. The number of fused-ring (bicyclic) bond motifs is 7. The fraction of sp³-hybridized carbons (Fsp3) is 0.230. The molecule has 0 fully saturated rings. The van der Waals surface area contributed by atoms with Crippen molar-refractivity contribution in [3.05, 3.63) is 191 Å². The zero-order chi connectivity index (χ0) is 48.6. The van der Waals surface area contributed by atoms with E-state index in [1.807, 2.05) is 60.8 Å². The average molecular weight is 1060 g/mol. The summed E-state index contributed by atoms with van der Waals surface area (Å²) >= 11 is 0. The van der Waals surface area contributed by atoms with Gasteiger partial charge in [0.1, 0.15) is 0 Å². The fourth-order valence-corrected chi connectivity index (χ4v) is 9.61. The number of pyridine rings is 2. The molecule has 11 rings (SSSR count). The summed E-state index contributed by atoms with van der Waals surface area (Å²) in [5.41, 5.74) is 16.5. The first-order valence-electron chi connectivity index (χ1n) is 24.5. The molecule has 0 saturated heterocycles. The number of benzene rings is 6. The molecule has 4 aromatic heterocycles. The summed E-state index contributed by atoms with van der Waals surface area (Å²) in [6, 6.07) is 54.1. The SMILES string of the molecule is CC(C)(C)c1ccnc(-c2[c-]cccc2)c1.[2H]C([2H])([2H])c1c[c-]c(-c2nc3ccccc3n2-c2c(C(C)C)cc(-c3ccccc3)cc2C(C)C)c2oc3nc4c(cc3c12)C(C)(C)c1ccccc1-4.[Ir]. The van der Waals surface area contributed by atoms with Crippen LogP contribution in [0.1, 0.15) is 112 Å². The number of hydrogen-bond acceptors (Lipinski definition) is 4. The second kappa shape index (κ2) is 17.6. The number of rotatable bonds is 6. The van der Waals surface area contributed by atoms with Crippen molar-refractivity contribution in [3.63, 3.8) is 0 Å². The van der Waals surface area contributed by atoms with E-state index in [4.69, 9.17) is 18.5 Å². The van der Waals surface area contributed by atoms with Gasteiger partial charge in [0.25, 0.3) is 0 Å². The molecule has 10 aromatic rings. The molecule has 6 aromatic carbocycles. The molecule has 5 nitrogen and oxygen atoms in total. The van der Waals surface area contributed by atoms with E-state index in [9.17, 15) is 0 Å². The van der Waals surface area contributed by atoms with E-state index in [0.717, 1.165) is 44.8 Å². The van der Waals surface area contributed by atoms with Gasteiger partial charge in [-0.1, -0.05) is 153 Å². The minimum atomic E-state index is -2.41. The van der Waals surface area contributed by atoms with Crippen LogP contribution >= 0.6 is 0 Å². The van der Waals surface area contributed by atoms with E-state index in [0.29, 0.717) is 33.5 Å². The Bertz CT molecular complexity index is 3530. The summed E-state index contributed by atoms with van der Waals surface area (Å²) in [7, 11) is 0. The van der Waals surface area contributed by atoms with Gasteiger partial charge in [0.05, 0.1) is 28.1 Å². The second-order valence-electron chi connectivity index (χ2n) is 19.7. The van der Waals surface area contributed by atoms with Crippen LogP contribution in [0.15, 0.2) is 150 Å². The third-order valence-electron chi connectivity index (χ3n) is 13.2. The van der Waals surface area contributed by atoms with Gasteiger partial charge in [-0.25, -0.2) is 4.98 Å². The largest absolute Gasteiger partial charge is 0.486 e.